The molecule has 0 aliphatic carbocycles. The van der Waals surface area contributed by atoms with Crippen molar-refractivity contribution in [2.24, 2.45) is 5.92 Å². The Morgan fingerprint density at radius 1 is 1.29 bits per heavy atom. The molecule has 0 radical (unpaired) electrons. The number of rotatable bonds is 5. The van der Waals surface area contributed by atoms with Crippen LogP contribution in [0, 0.1) is 5.92 Å². The van der Waals surface area contributed by atoms with E-state index in [-0.39, 0.29) is 0 Å². The van der Waals surface area contributed by atoms with Crippen LogP contribution < -0.4 is 5.32 Å². The van der Waals surface area contributed by atoms with Crippen molar-refractivity contribution in [2.45, 2.75) is 32.5 Å². The number of hydrogen-bond acceptors (Lipinski definition) is 2. The van der Waals surface area contributed by atoms with Gasteiger partial charge in [0.15, 0.2) is 0 Å². The van der Waals surface area contributed by atoms with E-state index in [1.54, 1.807) is 13.8 Å². The van der Waals surface area contributed by atoms with E-state index in [1.807, 2.05) is 0 Å². The number of carboxylic acids is 1. The molecule has 0 heterocycles. The van der Waals surface area contributed by atoms with Crippen molar-refractivity contribution in [3.8, 4) is 0 Å². The zero-order valence-corrected chi connectivity index (χ0v) is 11.6. The normalized spacial score (nSPS) is 14.3. The highest BCUT2D eigenvalue weighted by Crippen LogP contribution is 2.31. The Bertz CT molecular complexity index is 528. The van der Waals surface area contributed by atoms with Crippen LogP contribution in [0.5, 0.6) is 0 Å². The van der Waals surface area contributed by atoms with E-state index in [1.165, 1.54) is 12.1 Å². The van der Waals surface area contributed by atoms with Crippen molar-refractivity contribution in [3.05, 3.63) is 35.4 Å². The Labute approximate surface area is 120 Å². The summed E-state index contributed by atoms with van der Waals surface area (Å²) in [6, 6.07) is 3.04. The molecule has 0 saturated heterocycles. The van der Waals surface area contributed by atoms with Crippen molar-refractivity contribution in [1.82, 2.24) is 5.32 Å². The van der Waals surface area contributed by atoms with E-state index in [9.17, 15) is 22.8 Å². The molecule has 7 heteroatoms. The second-order valence-corrected chi connectivity index (χ2v) is 4.72. The molecule has 0 spiro atoms. The van der Waals surface area contributed by atoms with E-state index in [0.29, 0.717) is 6.42 Å². The maximum atomic E-state index is 12.8. The first kappa shape index (κ1) is 17.0. The van der Waals surface area contributed by atoms with Gasteiger partial charge >= 0.3 is 12.1 Å². The summed E-state index contributed by atoms with van der Waals surface area (Å²) in [6.45, 7) is 3.34. The molecule has 2 N–H and O–H groups in total. The summed E-state index contributed by atoms with van der Waals surface area (Å²) in [5.74, 6) is -2.72. The monoisotopic (exact) mass is 303 g/mol. The first-order valence-corrected chi connectivity index (χ1v) is 6.38. The third-order valence-corrected chi connectivity index (χ3v) is 3.24. The zero-order valence-electron chi connectivity index (χ0n) is 11.6. The van der Waals surface area contributed by atoms with Gasteiger partial charge in [0.2, 0.25) is 0 Å². The molecular weight excluding hydrogens is 287 g/mol. The number of carbonyl (C=O) groups is 2. The lowest BCUT2D eigenvalue weighted by atomic mass is 9.98. The summed E-state index contributed by atoms with van der Waals surface area (Å²) in [7, 11) is 0. The predicted octanol–water partition coefficient (Wildman–Crippen LogP) is 2.93. The summed E-state index contributed by atoms with van der Waals surface area (Å²) >= 11 is 0. The lowest BCUT2D eigenvalue weighted by Gasteiger charge is -2.21. The average Bonchev–Trinajstić information content (AvgIpc) is 2.42. The molecule has 0 aliphatic rings. The van der Waals surface area contributed by atoms with Gasteiger partial charge in [-0.2, -0.15) is 13.2 Å². The van der Waals surface area contributed by atoms with Crippen LogP contribution >= 0.6 is 0 Å². The molecule has 0 bridgehead atoms. The fraction of sp³-hybridized carbons (Fsp3) is 0.429. The molecule has 1 rings (SSSR count). The molecule has 2 atom stereocenters. The van der Waals surface area contributed by atoms with Gasteiger partial charge in [-0.15, -0.1) is 0 Å². The molecule has 0 fully saturated rings. The van der Waals surface area contributed by atoms with Crippen molar-refractivity contribution >= 4 is 11.9 Å². The highest BCUT2D eigenvalue weighted by atomic mass is 19.4. The molecule has 116 valence electrons. The van der Waals surface area contributed by atoms with Crippen LogP contribution in [0.15, 0.2) is 24.3 Å². The summed E-state index contributed by atoms with van der Waals surface area (Å²) < 4.78 is 38.5. The highest BCUT2D eigenvalue weighted by Gasteiger charge is 2.36. The molecule has 0 saturated carbocycles. The first-order chi connectivity index (χ1) is 9.68. The first-order valence-electron chi connectivity index (χ1n) is 6.38. The van der Waals surface area contributed by atoms with Gasteiger partial charge in [0, 0.05) is 0 Å². The Hall–Kier alpha value is -2.05. The number of halogens is 3. The second-order valence-electron chi connectivity index (χ2n) is 4.72. The minimum Gasteiger partial charge on any atom is -0.480 e. The fourth-order valence-electron chi connectivity index (χ4n) is 1.83. The van der Waals surface area contributed by atoms with Crippen molar-refractivity contribution < 1.29 is 27.9 Å². The number of benzene rings is 1. The van der Waals surface area contributed by atoms with Gasteiger partial charge in [0.05, 0.1) is 11.1 Å². The van der Waals surface area contributed by atoms with E-state index in [0.717, 1.165) is 12.1 Å². The Morgan fingerprint density at radius 3 is 2.33 bits per heavy atom. The summed E-state index contributed by atoms with van der Waals surface area (Å²) in [5.41, 5.74) is -1.67. The predicted molar refractivity (Wildman–Crippen MR) is 69.8 cm³/mol. The maximum Gasteiger partial charge on any atom is 0.417 e. The number of carboxylic acid groups (broad SMARTS) is 1. The standard InChI is InChI=1S/C14H16F3NO3/c1-3-8(2)11(13(20)21)18-12(19)9-6-4-5-7-10(9)14(15,16)17/h4-8,11H,3H2,1-2H3,(H,18,19)(H,20,21)/t8-,11+/m0/s1. The van der Waals surface area contributed by atoms with E-state index >= 15 is 0 Å². The summed E-state index contributed by atoms with van der Waals surface area (Å²) in [5, 5.41) is 11.2. The van der Waals surface area contributed by atoms with Crippen LogP contribution in [-0.4, -0.2) is 23.0 Å². The minimum absolute atomic E-state index is 0.399. The third-order valence-electron chi connectivity index (χ3n) is 3.24. The number of aliphatic carboxylic acids is 1. The largest absolute Gasteiger partial charge is 0.480 e. The molecule has 1 amide bonds. The van der Waals surface area contributed by atoms with Crippen LogP contribution in [0.2, 0.25) is 0 Å². The SMILES string of the molecule is CC[C@H](C)[C@@H](NC(=O)c1ccccc1C(F)(F)F)C(=O)O. The topological polar surface area (TPSA) is 66.4 Å². The Morgan fingerprint density at radius 2 is 1.86 bits per heavy atom. The number of carbonyl (C=O) groups excluding carboxylic acids is 1. The van der Waals surface area contributed by atoms with Gasteiger partial charge < -0.3 is 10.4 Å². The van der Waals surface area contributed by atoms with Gasteiger partial charge in [-0.1, -0.05) is 32.4 Å². The molecule has 0 unspecified atom stereocenters. The number of hydrogen-bond donors (Lipinski definition) is 2. The smallest absolute Gasteiger partial charge is 0.417 e. The number of nitrogens with one attached hydrogen (secondary N) is 1. The lowest BCUT2D eigenvalue weighted by molar-refractivity contribution is -0.140. The van der Waals surface area contributed by atoms with Gasteiger partial charge in [0.25, 0.3) is 5.91 Å². The quantitative estimate of drug-likeness (QED) is 0.879. The van der Waals surface area contributed by atoms with E-state index in [2.05, 4.69) is 5.32 Å². The van der Waals surface area contributed by atoms with Crippen LogP contribution in [0.3, 0.4) is 0 Å². The van der Waals surface area contributed by atoms with Gasteiger partial charge in [0.1, 0.15) is 6.04 Å². The molecular formula is C14H16F3NO3. The third kappa shape index (κ3) is 4.21. The summed E-state index contributed by atoms with van der Waals surface area (Å²) in [4.78, 5) is 23.1. The maximum absolute atomic E-state index is 12.8. The van der Waals surface area contributed by atoms with Crippen LogP contribution in [0.1, 0.15) is 36.2 Å². The van der Waals surface area contributed by atoms with Crippen molar-refractivity contribution in [3.63, 3.8) is 0 Å². The van der Waals surface area contributed by atoms with Crippen molar-refractivity contribution in [2.75, 3.05) is 0 Å². The number of alkyl halides is 3. The fourth-order valence-corrected chi connectivity index (χ4v) is 1.83. The second kappa shape index (κ2) is 6.60. The molecule has 0 aliphatic heterocycles. The molecule has 1 aromatic rings. The van der Waals surface area contributed by atoms with Gasteiger partial charge in [-0.3, -0.25) is 4.79 Å². The van der Waals surface area contributed by atoms with Crippen molar-refractivity contribution in [1.29, 1.82) is 0 Å². The van der Waals surface area contributed by atoms with Crippen LogP contribution in [0.25, 0.3) is 0 Å². The molecule has 1 aromatic carbocycles. The minimum atomic E-state index is -4.68. The van der Waals surface area contributed by atoms with E-state index < -0.39 is 41.1 Å². The molecule has 0 aromatic heterocycles. The van der Waals surface area contributed by atoms with Crippen LogP contribution in [0.4, 0.5) is 13.2 Å². The molecule has 21 heavy (non-hydrogen) atoms. The highest BCUT2D eigenvalue weighted by molar-refractivity contribution is 5.98. The van der Waals surface area contributed by atoms with Gasteiger partial charge in [-0.25, -0.2) is 4.79 Å². The zero-order chi connectivity index (χ0) is 16.2. The molecule has 4 nitrogen and oxygen atoms in total. The lowest BCUT2D eigenvalue weighted by Crippen LogP contribution is -2.45. The summed E-state index contributed by atoms with van der Waals surface area (Å²) in [6.07, 6.45) is -4.21. The van der Waals surface area contributed by atoms with Gasteiger partial charge in [-0.05, 0) is 18.1 Å². The Kier molecular flexibility index (Phi) is 5.34. The Balaban J connectivity index is 3.07. The van der Waals surface area contributed by atoms with E-state index in [4.69, 9.17) is 5.11 Å². The number of amides is 1. The average molecular weight is 303 g/mol. The van der Waals surface area contributed by atoms with Crippen LogP contribution in [-0.2, 0) is 11.0 Å².